The number of benzene rings is 1. The monoisotopic (exact) mass is 359 g/mol. The van der Waals surface area contributed by atoms with Gasteiger partial charge in [-0.15, -0.1) is 0 Å². The van der Waals surface area contributed by atoms with E-state index in [1.165, 1.54) is 19.3 Å². The molecule has 2 unspecified atom stereocenters. The van der Waals surface area contributed by atoms with Gasteiger partial charge in [-0.05, 0) is 51.0 Å². The number of fused-ring (bicyclic) bond motifs is 1. The zero-order valence-corrected chi connectivity index (χ0v) is 16.0. The SMILES string of the molecule is CCNC(=NCCCc1nc2ccccc2[nH]1)NC1CCC(SC)C1. The van der Waals surface area contributed by atoms with Crippen LogP contribution in [0.5, 0.6) is 0 Å². The fraction of sp³-hybridized carbons (Fsp3) is 0.579. The smallest absolute Gasteiger partial charge is 0.191 e. The highest BCUT2D eigenvalue weighted by molar-refractivity contribution is 7.99. The first kappa shape index (κ1) is 18.1. The number of nitrogens with zero attached hydrogens (tertiary/aromatic N) is 2. The zero-order valence-electron chi connectivity index (χ0n) is 15.2. The summed E-state index contributed by atoms with van der Waals surface area (Å²) < 4.78 is 0. The van der Waals surface area contributed by atoms with E-state index in [0.29, 0.717) is 6.04 Å². The van der Waals surface area contributed by atoms with Crippen molar-refractivity contribution in [3.05, 3.63) is 30.1 Å². The highest BCUT2D eigenvalue weighted by atomic mass is 32.2. The molecule has 1 aliphatic rings. The van der Waals surface area contributed by atoms with Crippen molar-refractivity contribution < 1.29 is 0 Å². The van der Waals surface area contributed by atoms with Crippen molar-refractivity contribution in [3.63, 3.8) is 0 Å². The number of hydrogen-bond acceptors (Lipinski definition) is 3. The van der Waals surface area contributed by atoms with Gasteiger partial charge in [-0.1, -0.05) is 12.1 Å². The predicted octanol–water partition coefficient (Wildman–Crippen LogP) is 3.33. The minimum absolute atomic E-state index is 0.561. The maximum absolute atomic E-state index is 4.74. The number of rotatable bonds is 7. The lowest BCUT2D eigenvalue weighted by molar-refractivity contribution is 0.614. The van der Waals surface area contributed by atoms with Crippen LogP contribution in [-0.4, -0.2) is 46.6 Å². The number of aromatic amines is 1. The van der Waals surface area contributed by atoms with Gasteiger partial charge >= 0.3 is 0 Å². The number of aliphatic imine (C=N–C) groups is 1. The maximum atomic E-state index is 4.74. The third-order valence-electron chi connectivity index (χ3n) is 4.68. The first-order chi connectivity index (χ1) is 12.3. The number of thioether (sulfide) groups is 1. The number of para-hydroxylation sites is 2. The Hall–Kier alpha value is -1.69. The van der Waals surface area contributed by atoms with Crippen LogP contribution in [0, 0.1) is 0 Å². The Balaban J connectivity index is 1.48. The summed E-state index contributed by atoms with van der Waals surface area (Å²) >= 11 is 1.99. The van der Waals surface area contributed by atoms with Gasteiger partial charge in [0.15, 0.2) is 5.96 Å². The van der Waals surface area contributed by atoms with E-state index in [2.05, 4.69) is 39.8 Å². The summed E-state index contributed by atoms with van der Waals surface area (Å²) in [6.45, 7) is 3.82. The van der Waals surface area contributed by atoms with Crippen LogP contribution < -0.4 is 10.6 Å². The lowest BCUT2D eigenvalue weighted by atomic mass is 10.2. The summed E-state index contributed by atoms with van der Waals surface area (Å²) in [5, 5.41) is 7.77. The fourth-order valence-corrected chi connectivity index (χ4v) is 4.16. The van der Waals surface area contributed by atoms with Crippen molar-refractivity contribution in [1.82, 2.24) is 20.6 Å². The molecule has 25 heavy (non-hydrogen) atoms. The van der Waals surface area contributed by atoms with E-state index in [4.69, 9.17) is 4.99 Å². The Morgan fingerprint density at radius 3 is 3.00 bits per heavy atom. The second-order valence-electron chi connectivity index (χ2n) is 6.58. The number of guanidine groups is 1. The average molecular weight is 360 g/mol. The largest absolute Gasteiger partial charge is 0.357 e. The summed E-state index contributed by atoms with van der Waals surface area (Å²) in [5.41, 5.74) is 2.15. The van der Waals surface area contributed by atoms with E-state index in [-0.39, 0.29) is 0 Å². The van der Waals surface area contributed by atoms with Crippen molar-refractivity contribution in [3.8, 4) is 0 Å². The molecule has 1 saturated carbocycles. The maximum Gasteiger partial charge on any atom is 0.191 e. The predicted molar refractivity (Wildman–Crippen MR) is 108 cm³/mol. The molecular weight excluding hydrogens is 330 g/mol. The van der Waals surface area contributed by atoms with Gasteiger partial charge in [0.05, 0.1) is 11.0 Å². The fourth-order valence-electron chi connectivity index (χ4n) is 3.36. The van der Waals surface area contributed by atoms with Crippen LogP contribution in [0.4, 0.5) is 0 Å². The Morgan fingerprint density at radius 2 is 2.24 bits per heavy atom. The van der Waals surface area contributed by atoms with Crippen molar-refractivity contribution >= 4 is 28.8 Å². The van der Waals surface area contributed by atoms with Gasteiger partial charge in [0.25, 0.3) is 0 Å². The molecule has 0 radical (unpaired) electrons. The Kier molecular flexibility index (Phi) is 6.62. The first-order valence-electron chi connectivity index (χ1n) is 9.29. The molecule has 2 aromatic rings. The lowest BCUT2D eigenvalue weighted by Gasteiger charge is -2.17. The molecule has 5 nitrogen and oxygen atoms in total. The molecule has 136 valence electrons. The van der Waals surface area contributed by atoms with E-state index < -0.39 is 0 Å². The van der Waals surface area contributed by atoms with Crippen LogP contribution in [0.3, 0.4) is 0 Å². The highest BCUT2D eigenvalue weighted by Crippen LogP contribution is 2.28. The van der Waals surface area contributed by atoms with E-state index >= 15 is 0 Å². The number of hydrogen-bond donors (Lipinski definition) is 3. The molecule has 6 heteroatoms. The Morgan fingerprint density at radius 1 is 1.36 bits per heavy atom. The van der Waals surface area contributed by atoms with Crippen LogP contribution in [0.2, 0.25) is 0 Å². The topological polar surface area (TPSA) is 65.1 Å². The van der Waals surface area contributed by atoms with Crippen LogP contribution in [-0.2, 0) is 6.42 Å². The molecular formula is C19H29N5S. The third kappa shape index (κ3) is 5.14. The molecule has 3 rings (SSSR count). The molecule has 1 fully saturated rings. The van der Waals surface area contributed by atoms with Crippen LogP contribution in [0.15, 0.2) is 29.3 Å². The summed E-state index contributed by atoms with van der Waals surface area (Å²) in [5.74, 6) is 2.01. The van der Waals surface area contributed by atoms with E-state index in [1.54, 1.807) is 0 Å². The van der Waals surface area contributed by atoms with E-state index in [0.717, 1.165) is 54.0 Å². The number of aromatic nitrogens is 2. The van der Waals surface area contributed by atoms with Crippen LogP contribution >= 0.6 is 11.8 Å². The lowest BCUT2D eigenvalue weighted by Crippen LogP contribution is -2.42. The minimum Gasteiger partial charge on any atom is -0.357 e. The van der Waals surface area contributed by atoms with Gasteiger partial charge in [-0.2, -0.15) is 11.8 Å². The zero-order chi connectivity index (χ0) is 17.5. The minimum atomic E-state index is 0.561. The number of imidazole rings is 1. The van der Waals surface area contributed by atoms with Gasteiger partial charge < -0.3 is 15.6 Å². The van der Waals surface area contributed by atoms with Gasteiger partial charge in [-0.25, -0.2) is 4.98 Å². The molecule has 2 atom stereocenters. The molecule has 1 aliphatic carbocycles. The molecule has 0 spiro atoms. The van der Waals surface area contributed by atoms with Crippen molar-refractivity contribution in [2.75, 3.05) is 19.3 Å². The Labute approximate surface area is 154 Å². The second kappa shape index (κ2) is 9.13. The molecule has 1 aromatic heterocycles. The number of H-pyrrole nitrogens is 1. The van der Waals surface area contributed by atoms with Gasteiger partial charge in [0.2, 0.25) is 0 Å². The molecule has 1 aromatic carbocycles. The van der Waals surface area contributed by atoms with Gasteiger partial charge in [0, 0.05) is 30.8 Å². The van der Waals surface area contributed by atoms with Crippen LogP contribution in [0.1, 0.15) is 38.4 Å². The summed E-state index contributed by atoms with van der Waals surface area (Å²) in [6.07, 6.45) is 7.93. The highest BCUT2D eigenvalue weighted by Gasteiger charge is 2.24. The first-order valence-corrected chi connectivity index (χ1v) is 10.6. The van der Waals surface area contributed by atoms with E-state index in [1.807, 2.05) is 30.0 Å². The molecule has 0 bridgehead atoms. The van der Waals surface area contributed by atoms with Crippen molar-refractivity contribution in [2.24, 2.45) is 4.99 Å². The van der Waals surface area contributed by atoms with Gasteiger partial charge in [-0.3, -0.25) is 4.99 Å². The quantitative estimate of drug-likeness (QED) is 0.403. The third-order valence-corrected chi connectivity index (χ3v) is 5.78. The van der Waals surface area contributed by atoms with Crippen molar-refractivity contribution in [2.45, 2.75) is 50.3 Å². The molecule has 1 heterocycles. The molecule has 0 aliphatic heterocycles. The number of aryl methyl sites for hydroxylation is 1. The van der Waals surface area contributed by atoms with Crippen LogP contribution in [0.25, 0.3) is 11.0 Å². The normalized spacial score (nSPS) is 21.0. The standard InChI is InChI=1S/C19H29N5S/c1-3-20-19(22-14-10-11-15(13-14)25-2)21-12-6-9-18-23-16-7-4-5-8-17(16)24-18/h4-5,7-8,14-15H,3,6,9-13H2,1-2H3,(H,23,24)(H2,20,21,22). The van der Waals surface area contributed by atoms with E-state index in [9.17, 15) is 0 Å². The molecule has 3 N–H and O–H groups in total. The Bertz CT molecular complexity index is 663. The summed E-state index contributed by atoms with van der Waals surface area (Å²) in [6, 6.07) is 8.74. The summed E-state index contributed by atoms with van der Waals surface area (Å²) in [4.78, 5) is 12.8. The molecule has 0 amide bonds. The summed E-state index contributed by atoms with van der Waals surface area (Å²) in [7, 11) is 0. The second-order valence-corrected chi connectivity index (χ2v) is 7.71. The van der Waals surface area contributed by atoms with Gasteiger partial charge in [0.1, 0.15) is 5.82 Å². The van der Waals surface area contributed by atoms with Crippen molar-refractivity contribution in [1.29, 1.82) is 0 Å². The average Bonchev–Trinajstić information content (AvgIpc) is 3.24. The number of nitrogens with one attached hydrogen (secondary N) is 3. The molecule has 0 saturated heterocycles.